The van der Waals surface area contributed by atoms with Crippen molar-refractivity contribution in [3.05, 3.63) is 23.8 Å². The first-order valence-electron chi connectivity index (χ1n) is 13.8. The van der Waals surface area contributed by atoms with Gasteiger partial charge in [0.1, 0.15) is 6.10 Å². The van der Waals surface area contributed by atoms with Gasteiger partial charge in [0.2, 0.25) is 5.78 Å². The maximum Gasteiger partial charge on any atom is 1.00 e. The maximum absolute atomic E-state index is 17.9. The molecule has 13 heteroatoms. The normalized spacial score (nSPS) is 39.4. The van der Waals surface area contributed by atoms with E-state index in [2.05, 4.69) is 0 Å². The number of alkyl halides is 1. The molecule has 1 unspecified atom stereocenters. The second kappa shape index (κ2) is 11.7. The summed E-state index contributed by atoms with van der Waals surface area (Å²) in [6.45, 7) is 7.47. The second-order valence-corrected chi connectivity index (χ2v) is 13.2. The number of hydrogen-bond acceptors (Lipinski definition) is 8. The molecule has 10 nitrogen and oxygen atoms in total. The maximum atomic E-state index is 17.9. The molecule has 0 bridgehead atoms. The Kier molecular flexibility index (Phi) is 9.80. The van der Waals surface area contributed by atoms with Gasteiger partial charge in [0.15, 0.2) is 23.7 Å². The van der Waals surface area contributed by atoms with Crippen molar-refractivity contribution in [3.63, 3.8) is 0 Å². The molecule has 4 aliphatic rings. The van der Waals surface area contributed by atoms with Crippen molar-refractivity contribution in [1.29, 1.82) is 0 Å². The van der Waals surface area contributed by atoms with Crippen molar-refractivity contribution >= 4 is 31.3 Å². The molecule has 0 heterocycles. The van der Waals surface area contributed by atoms with Crippen LogP contribution in [0.15, 0.2) is 23.8 Å². The van der Waals surface area contributed by atoms with Crippen LogP contribution in [0.4, 0.5) is 4.39 Å². The van der Waals surface area contributed by atoms with Gasteiger partial charge in [0.05, 0.1) is 0 Å². The van der Waals surface area contributed by atoms with Gasteiger partial charge in [0.25, 0.3) is 0 Å². The molecule has 0 amide bonds. The number of esters is 2. The number of phosphoric acid groups is 1. The number of allylic oxidation sites excluding steroid dienone is 4. The molecule has 0 spiro atoms. The Balaban J connectivity index is 0.00000308. The van der Waals surface area contributed by atoms with E-state index < -0.39 is 78.1 Å². The van der Waals surface area contributed by atoms with Gasteiger partial charge in [-0.2, -0.15) is 0 Å². The zero-order chi connectivity index (χ0) is 29.9. The van der Waals surface area contributed by atoms with Crippen molar-refractivity contribution < 1.29 is 82.9 Å². The molecule has 0 aliphatic heterocycles. The zero-order valence-corrected chi connectivity index (χ0v) is 27.4. The molecule has 224 valence electrons. The Bertz CT molecular complexity index is 1240. The van der Waals surface area contributed by atoms with Crippen LogP contribution in [0, 0.1) is 28.6 Å². The fourth-order valence-corrected chi connectivity index (χ4v) is 8.81. The second-order valence-electron chi connectivity index (χ2n) is 12.0. The molecular formula is C28H39FNaO10P. The first-order chi connectivity index (χ1) is 18.5. The van der Waals surface area contributed by atoms with E-state index in [1.165, 1.54) is 18.2 Å². The SMILES string of the molecule is CCC(=O)OCC(=O)[C@@]1(OC(=O)CC)[C@@H](C)C[C@H]2[C@@H]3CCC4=CC(=O)C=C[C@]4(C)C3(F)[C@@H](OP(=O)(O)O)C[C@@]21C.[H-].[Na+]. The van der Waals surface area contributed by atoms with E-state index in [1.54, 1.807) is 34.6 Å². The van der Waals surface area contributed by atoms with Gasteiger partial charge in [-0.05, 0) is 50.7 Å². The average molecular weight is 609 g/mol. The summed E-state index contributed by atoms with van der Waals surface area (Å²) < 4.78 is 46.5. The predicted molar refractivity (Wildman–Crippen MR) is 140 cm³/mol. The molecule has 0 saturated heterocycles. The first kappa shape index (κ1) is 34.3. The van der Waals surface area contributed by atoms with Gasteiger partial charge in [-0.25, -0.2) is 8.96 Å². The van der Waals surface area contributed by atoms with Crippen LogP contribution in [0.2, 0.25) is 0 Å². The number of fused-ring (bicyclic) bond motifs is 5. The molecule has 0 radical (unpaired) electrons. The van der Waals surface area contributed by atoms with Crippen LogP contribution in [0.3, 0.4) is 0 Å². The third-order valence-electron chi connectivity index (χ3n) is 10.1. The molecule has 4 rings (SSSR count). The predicted octanol–water partition coefficient (Wildman–Crippen LogP) is 1.05. The summed E-state index contributed by atoms with van der Waals surface area (Å²) in [5.74, 6) is -4.32. The van der Waals surface area contributed by atoms with E-state index >= 15 is 4.39 Å². The number of ketones is 2. The van der Waals surface area contributed by atoms with Gasteiger partial charge < -0.3 is 20.7 Å². The van der Waals surface area contributed by atoms with Crippen molar-refractivity contribution in [3.8, 4) is 0 Å². The van der Waals surface area contributed by atoms with Crippen molar-refractivity contribution in [1.82, 2.24) is 0 Å². The number of ether oxygens (including phenoxy) is 2. The Labute approximate surface area is 262 Å². The molecule has 3 saturated carbocycles. The number of carbonyl (C=O) groups is 4. The standard InChI is InChI=1S/C28H38FO10P.Na.H/c1-6-23(32)37-15-21(31)28(38-24(33)7-2)16(3)12-20-19-9-8-17-13-18(30)10-11-25(17,4)27(19,29)22(14-26(20,28)5)39-40(34,35)36;;/h10-11,13,16,19-20,22H,6-9,12,14-15H2,1-5H3,(H2,34,35,36);;/q;+1;-1/t16-,19-,20-,22-,25-,26-,27?,28-;;/m0../s1. The minimum absolute atomic E-state index is 0. The van der Waals surface area contributed by atoms with Crippen LogP contribution in [-0.4, -0.2) is 57.3 Å². The van der Waals surface area contributed by atoms with Crippen LogP contribution in [0.25, 0.3) is 0 Å². The third-order valence-corrected chi connectivity index (χ3v) is 10.6. The van der Waals surface area contributed by atoms with Crippen molar-refractivity contribution in [2.45, 2.75) is 90.5 Å². The van der Waals surface area contributed by atoms with E-state index in [0.717, 1.165) is 0 Å². The summed E-state index contributed by atoms with van der Waals surface area (Å²) in [4.78, 5) is 70.6. The van der Waals surface area contributed by atoms with E-state index in [0.29, 0.717) is 12.0 Å². The van der Waals surface area contributed by atoms with Gasteiger partial charge >= 0.3 is 49.3 Å². The monoisotopic (exact) mass is 608 g/mol. The van der Waals surface area contributed by atoms with Crippen LogP contribution in [0.1, 0.15) is 74.6 Å². The first-order valence-corrected chi connectivity index (χ1v) is 15.3. The van der Waals surface area contributed by atoms with E-state index in [9.17, 15) is 33.5 Å². The van der Waals surface area contributed by atoms with Crippen LogP contribution < -0.4 is 29.6 Å². The number of carbonyl (C=O) groups excluding carboxylic acids is 4. The average Bonchev–Trinajstić information content (AvgIpc) is 3.09. The Morgan fingerprint density at radius 1 is 1.15 bits per heavy atom. The van der Waals surface area contributed by atoms with Crippen molar-refractivity contribution in [2.75, 3.05) is 6.61 Å². The largest absolute Gasteiger partial charge is 1.00 e. The number of rotatable bonds is 8. The topological polar surface area (TPSA) is 154 Å². The van der Waals surface area contributed by atoms with Gasteiger partial charge in [-0.3, -0.25) is 23.7 Å². The van der Waals surface area contributed by atoms with Crippen LogP contribution in [-0.2, 0) is 37.7 Å². The summed E-state index contributed by atoms with van der Waals surface area (Å²) in [7, 11) is -5.25. The molecule has 0 aromatic carbocycles. The van der Waals surface area contributed by atoms with Crippen LogP contribution in [0.5, 0.6) is 0 Å². The summed E-state index contributed by atoms with van der Waals surface area (Å²) >= 11 is 0. The number of Topliss-reactive ketones (excluding diaryl/α,β-unsaturated/α-hetero) is 1. The molecular weight excluding hydrogens is 569 g/mol. The minimum atomic E-state index is -5.25. The molecule has 4 aliphatic carbocycles. The van der Waals surface area contributed by atoms with E-state index in [1.807, 2.05) is 0 Å². The molecule has 8 atom stereocenters. The number of halogens is 1. The Hall–Kier alpha value is -1.20. The van der Waals surface area contributed by atoms with Gasteiger partial charge in [-0.15, -0.1) is 0 Å². The fourth-order valence-electron chi connectivity index (χ4n) is 8.25. The number of hydrogen-bond donors (Lipinski definition) is 2. The van der Waals surface area contributed by atoms with Crippen molar-refractivity contribution in [2.24, 2.45) is 28.6 Å². The number of phosphoric ester groups is 1. The van der Waals surface area contributed by atoms with E-state index in [4.69, 9.17) is 14.0 Å². The summed E-state index contributed by atoms with van der Waals surface area (Å²) in [6.07, 6.45) is 2.82. The Morgan fingerprint density at radius 2 is 1.78 bits per heavy atom. The van der Waals surface area contributed by atoms with E-state index in [-0.39, 0.29) is 68.9 Å². The summed E-state index contributed by atoms with van der Waals surface area (Å²) in [6, 6.07) is 0. The summed E-state index contributed by atoms with van der Waals surface area (Å²) in [5.41, 5.74) is -6.42. The molecule has 41 heavy (non-hydrogen) atoms. The van der Waals surface area contributed by atoms with Gasteiger partial charge in [-0.1, -0.05) is 39.3 Å². The third kappa shape index (κ3) is 5.28. The molecule has 2 N–H and O–H groups in total. The molecule has 3 fully saturated rings. The fraction of sp³-hybridized carbons (Fsp3) is 0.714. The molecule has 0 aromatic heterocycles. The van der Waals surface area contributed by atoms with Crippen LogP contribution >= 0.6 is 7.82 Å². The minimum Gasteiger partial charge on any atom is -1.00 e. The summed E-state index contributed by atoms with van der Waals surface area (Å²) in [5, 5.41) is 0. The zero-order valence-electron chi connectivity index (χ0n) is 25.5. The Morgan fingerprint density at radius 3 is 2.37 bits per heavy atom. The smallest absolute Gasteiger partial charge is 1.00 e. The molecule has 0 aromatic rings. The van der Waals surface area contributed by atoms with Gasteiger partial charge in [0, 0.05) is 35.5 Å². The quantitative estimate of drug-likeness (QED) is 0.232.